The smallest absolute Gasteiger partial charge is 0.280 e. The van der Waals surface area contributed by atoms with Crippen LogP contribution in [0.2, 0.25) is 5.02 Å². The third kappa shape index (κ3) is 7.22. The average Bonchev–Trinajstić information content (AvgIpc) is 2.67. The van der Waals surface area contributed by atoms with Gasteiger partial charge in [0.2, 0.25) is 0 Å². The Labute approximate surface area is 178 Å². The van der Waals surface area contributed by atoms with Crippen molar-refractivity contribution >= 4 is 35.5 Å². The molecule has 0 fully saturated rings. The van der Waals surface area contributed by atoms with E-state index < -0.39 is 5.91 Å². The molecule has 156 valence electrons. The number of nitrogens with two attached hydrogens (primary N) is 2. The van der Waals surface area contributed by atoms with E-state index in [1.54, 1.807) is 0 Å². The van der Waals surface area contributed by atoms with Crippen molar-refractivity contribution in [3.05, 3.63) is 52.5 Å². The van der Waals surface area contributed by atoms with Gasteiger partial charge in [0.25, 0.3) is 5.91 Å². The van der Waals surface area contributed by atoms with E-state index >= 15 is 0 Å². The van der Waals surface area contributed by atoms with Crippen LogP contribution in [0.5, 0.6) is 11.5 Å². The average molecular weight is 439 g/mol. The summed E-state index contributed by atoms with van der Waals surface area (Å²) >= 11 is 7.20. The number of ether oxygens (including phenoxy) is 1. The fourth-order valence-electron chi connectivity index (χ4n) is 2.30. The topological polar surface area (TPSA) is 112 Å². The van der Waals surface area contributed by atoms with Crippen LogP contribution in [0.25, 0.3) is 0 Å². The Morgan fingerprint density at radius 1 is 1.21 bits per heavy atom. The van der Waals surface area contributed by atoms with Gasteiger partial charge in [-0.05, 0) is 50.3 Å². The first kappa shape index (κ1) is 23.0. The lowest BCUT2D eigenvalue weighted by atomic mass is 10.1. The highest BCUT2D eigenvalue weighted by Crippen LogP contribution is 2.40. The van der Waals surface area contributed by atoms with Crippen molar-refractivity contribution in [2.75, 3.05) is 27.7 Å². The first-order valence-corrected chi connectivity index (χ1v) is 9.68. The molecule has 0 spiro atoms. The Bertz CT molecular complexity index is 871. The molecule has 0 aliphatic rings. The number of benzene rings is 2. The lowest BCUT2D eigenvalue weighted by Gasteiger charge is -2.14. The molecular formula is C19H23ClN4O4S. The first-order chi connectivity index (χ1) is 13.8. The molecule has 2 aromatic carbocycles. The molecule has 0 aliphatic carbocycles. The van der Waals surface area contributed by atoms with Crippen molar-refractivity contribution in [3.63, 3.8) is 0 Å². The Hall–Kier alpha value is -2.30. The quantitative estimate of drug-likeness (QED) is 0.202. The van der Waals surface area contributed by atoms with E-state index in [1.807, 2.05) is 38.4 Å². The van der Waals surface area contributed by atoms with Crippen molar-refractivity contribution < 1.29 is 18.8 Å². The maximum absolute atomic E-state index is 12.1. The Balaban J connectivity index is 2.28. The van der Waals surface area contributed by atoms with Crippen molar-refractivity contribution in [2.24, 2.45) is 16.5 Å². The summed E-state index contributed by atoms with van der Waals surface area (Å²) in [6, 6.07) is 10.6. The van der Waals surface area contributed by atoms with Gasteiger partial charge in [-0.15, -0.1) is 0 Å². The molecule has 10 heteroatoms. The van der Waals surface area contributed by atoms with Gasteiger partial charge in [0.15, 0.2) is 11.7 Å². The number of rotatable bonds is 9. The third-order valence-electron chi connectivity index (χ3n) is 3.67. The van der Waals surface area contributed by atoms with Gasteiger partial charge in [-0.3, -0.25) is 4.79 Å². The highest BCUT2D eigenvalue weighted by atomic mass is 35.5. The van der Waals surface area contributed by atoms with Gasteiger partial charge in [0.1, 0.15) is 5.75 Å². The van der Waals surface area contributed by atoms with Gasteiger partial charge < -0.3 is 21.1 Å². The summed E-state index contributed by atoms with van der Waals surface area (Å²) in [5, 5.41) is 0.195. The van der Waals surface area contributed by atoms with Crippen molar-refractivity contribution in [1.82, 2.24) is 4.90 Å². The largest absolute Gasteiger partial charge is 0.455 e. The van der Waals surface area contributed by atoms with E-state index in [4.69, 9.17) is 32.1 Å². The Morgan fingerprint density at radius 3 is 2.48 bits per heavy atom. The van der Waals surface area contributed by atoms with Crippen LogP contribution in [0.4, 0.5) is 0 Å². The fourth-order valence-corrected chi connectivity index (χ4v) is 3.16. The summed E-state index contributed by atoms with van der Waals surface area (Å²) in [6.07, 6.45) is 0.929. The van der Waals surface area contributed by atoms with Gasteiger partial charge in [0, 0.05) is 12.1 Å². The Morgan fingerprint density at radius 2 is 1.90 bits per heavy atom. The zero-order valence-corrected chi connectivity index (χ0v) is 17.9. The van der Waals surface area contributed by atoms with Gasteiger partial charge in [0.05, 0.1) is 29.1 Å². The van der Waals surface area contributed by atoms with Crippen molar-refractivity contribution in [1.29, 1.82) is 0 Å². The van der Waals surface area contributed by atoms with Gasteiger partial charge in [-0.25, -0.2) is 4.89 Å². The van der Waals surface area contributed by atoms with Gasteiger partial charge in [-0.1, -0.05) is 23.7 Å². The summed E-state index contributed by atoms with van der Waals surface area (Å²) in [7, 11) is 5.42. The molecule has 1 amide bonds. The number of likely N-dealkylation sites (N-methyl/N-ethyl adjacent to an activating group) is 1. The molecule has 2 aromatic rings. The number of guanidine groups is 1. The molecule has 0 bridgehead atoms. The van der Waals surface area contributed by atoms with Crippen LogP contribution in [0.3, 0.4) is 0 Å². The van der Waals surface area contributed by atoms with Crippen molar-refractivity contribution in [2.45, 2.75) is 11.3 Å². The number of halogens is 1. The third-order valence-corrected chi connectivity index (χ3v) is 4.64. The van der Waals surface area contributed by atoms with E-state index in [9.17, 15) is 4.79 Å². The molecule has 0 atom stereocenters. The first-order valence-electron chi connectivity index (χ1n) is 8.56. The van der Waals surface area contributed by atoms with E-state index in [1.165, 1.54) is 24.8 Å². The molecule has 0 saturated heterocycles. The molecule has 0 saturated carbocycles. The minimum absolute atomic E-state index is 0.178. The zero-order valence-electron chi connectivity index (χ0n) is 16.3. The maximum atomic E-state index is 12.1. The highest BCUT2D eigenvalue weighted by Gasteiger charge is 2.17. The number of carbonyl (C=O) groups excluding carboxylic acids is 1. The predicted octanol–water partition coefficient (Wildman–Crippen LogP) is 3.24. The molecule has 29 heavy (non-hydrogen) atoms. The molecule has 0 heterocycles. The van der Waals surface area contributed by atoms with Gasteiger partial charge >= 0.3 is 0 Å². The van der Waals surface area contributed by atoms with Crippen LogP contribution in [0.15, 0.2) is 46.3 Å². The zero-order chi connectivity index (χ0) is 21.4. The van der Waals surface area contributed by atoms with E-state index in [-0.39, 0.29) is 16.5 Å². The summed E-state index contributed by atoms with van der Waals surface area (Å²) in [5.74, 6) is -0.0785. The molecular weight excluding hydrogens is 416 g/mol. The summed E-state index contributed by atoms with van der Waals surface area (Å²) in [6.45, 7) is 0.951. The van der Waals surface area contributed by atoms with Crippen LogP contribution in [0.1, 0.15) is 15.9 Å². The highest BCUT2D eigenvalue weighted by molar-refractivity contribution is 7.94. The minimum Gasteiger partial charge on any atom is -0.455 e. The molecule has 0 radical (unpaired) electrons. The molecule has 2 rings (SSSR count). The summed E-state index contributed by atoms with van der Waals surface area (Å²) in [5.41, 5.74) is 11.9. The van der Waals surface area contributed by atoms with E-state index in [0.29, 0.717) is 16.4 Å². The van der Waals surface area contributed by atoms with Gasteiger partial charge in [-0.2, -0.15) is 9.33 Å². The molecule has 0 unspecified atom stereocenters. The molecule has 0 aliphatic heterocycles. The predicted molar refractivity (Wildman–Crippen MR) is 114 cm³/mol. The summed E-state index contributed by atoms with van der Waals surface area (Å²) in [4.78, 5) is 22.8. The maximum Gasteiger partial charge on any atom is 0.280 e. The van der Waals surface area contributed by atoms with E-state index in [0.717, 1.165) is 25.0 Å². The number of amides is 1. The molecule has 0 aromatic heterocycles. The SMILES string of the molecule is COOSc1cc(C(=O)N=C(N)N)cc(Cl)c1Oc1ccc(CCN(C)C)cc1. The number of hydrogen-bond acceptors (Lipinski definition) is 6. The second-order valence-electron chi connectivity index (χ2n) is 6.24. The second-order valence-corrected chi connectivity index (χ2v) is 7.39. The Kier molecular flexibility index (Phi) is 8.74. The molecule has 4 N–H and O–H groups in total. The number of carbonyl (C=O) groups is 1. The van der Waals surface area contributed by atoms with Crippen LogP contribution in [-0.4, -0.2) is 44.5 Å². The standard InChI is InChI=1S/C19H23ClN4O4S/c1-24(2)9-8-12-4-6-14(7-5-12)27-17-15(20)10-13(18(25)23-19(21)22)11-16(17)29-28-26-3/h4-7,10-11H,8-9H2,1-3H3,(H4,21,22,23,25). The van der Waals surface area contributed by atoms with Crippen LogP contribution in [0, 0.1) is 0 Å². The van der Waals surface area contributed by atoms with E-state index in [2.05, 4.69) is 14.8 Å². The van der Waals surface area contributed by atoms with Crippen LogP contribution in [-0.2, 0) is 15.6 Å². The normalized spacial score (nSPS) is 10.8. The lowest BCUT2D eigenvalue weighted by molar-refractivity contribution is -0.160. The number of hydrogen-bond donors (Lipinski definition) is 2. The molecule has 8 nitrogen and oxygen atoms in total. The summed E-state index contributed by atoms with van der Waals surface area (Å²) < 4.78 is 10.9. The minimum atomic E-state index is -0.636. The lowest BCUT2D eigenvalue weighted by Crippen LogP contribution is -2.24. The van der Waals surface area contributed by atoms with Crippen LogP contribution >= 0.6 is 23.6 Å². The fraction of sp³-hybridized carbons (Fsp3) is 0.263. The second kappa shape index (κ2) is 11.0. The van der Waals surface area contributed by atoms with Crippen LogP contribution < -0.4 is 16.2 Å². The monoisotopic (exact) mass is 438 g/mol. The van der Waals surface area contributed by atoms with Crippen molar-refractivity contribution in [3.8, 4) is 11.5 Å². The number of aliphatic imine (C=N–C) groups is 1. The number of nitrogens with zero attached hydrogens (tertiary/aromatic N) is 2.